The summed E-state index contributed by atoms with van der Waals surface area (Å²) in [5.74, 6) is 2.61. The van der Waals surface area contributed by atoms with Crippen molar-refractivity contribution < 1.29 is 4.42 Å². The van der Waals surface area contributed by atoms with Crippen LogP contribution in [0.5, 0.6) is 0 Å². The van der Waals surface area contributed by atoms with Crippen molar-refractivity contribution in [3.63, 3.8) is 0 Å². The second-order valence-corrected chi connectivity index (χ2v) is 3.53. The van der Waals surface area contributed by atoms with E-state index in [0.29, 0.717) is 12.6 Å². The molecule has 0 amide bonds. The Kier molecular flexibility index (Phi) is 5.44. The van der Waals surface area contributed by atoms with Crippen molar-refractivity contribution in [1.82, 2.24) is 10.3 Å². The molecule has 0 aliphatic carbocycles. The first-order valence-corrected chi connectivity index (χ1v) is 5.65. The molecule has 0 aliphatic rings. The average Bonchev–Trinajstić information content (AvgIpc) is 2.74. The summed E-state index contributed by atoms with van der Waals surface area (Å²) < 4.78 is 5.41. The maximum atomic E-state index is 5.41. The Balaban J connectivity index is 2.62. The Morgan fingerprint density at radius 3 is 3.00 bits per heavy atom. The quantitative estimate of drug-likeness (QED) is 0.711. The number of nitrogens with zero attached hydrogens (tertiary/aromatic N) is 2. The van der Waals surface area contributed by atoms with Gasteiger partial charge in [-0.3, -0.25) is 0 Å². The van der Waals surface area contributed by atoms with E-state index in [1.54, 1.807) is 6.26 Å². The van der Waals surface area contributed by atoms with E-state index in [9.17, 15) is 0 Å². The first-order chi connectivity index (χ1) is 7.81. The Morgan fingerprint density at radius 2 is 2.38 bits per heavy atom. The molecule has 4 nitrogen and oxygen atoms in total. The van der Waals surface area contributed by atoms with Gasteiger partial charge in [0.15, 0.2) is 0 Å². The van der Waals surface area contributed by atoms with E-state index >= 15 is 0 Å². The molecule has 0 unspecified atom stereocenters. The minimum atomic E-state index is 0.537. The van der Waals surface area contributed by atoms with Gasteiger partial charge in [-0.1, -0.05) is 19.8 Å². The van der Waals surface area contributed by atoms with Gasteiger partial charge in [0.25, 0.3) is 6.01 Å². The van der Waals surface area contributed by atoms with Crippen LogP contribution in [0.2, 0.25) is 0 Å². The lowest BCUT2D eigenvalue weighted by molar-refractivity contribution is 0.538. The van der Waals surface area contributed by atoms with Gasteiger partial charge in [0.1, 0.15) is 6.26 Å². The Hall–Kier alpha value is -1.47. The summed E-state index contributed by atoms with van der Waals surface area (Å²) in [7, 11) is 0. The van der Waals surface area contributed by atoms with Crippen LogP contribution in [-0.4, -0.2) is 24.6 Å². The number of anilines is 1. The highest BCUT2D eigenvalue weighted by atomic mass is 16.4. The van der Waals surface area contributed by atoms with Crippen molar-refractivity contribution in [3.05, 3.63) is 12.0 Å². The van der Waals surface area contributed by atoms with E-state index in [4.69, 9.17) is 10.8 Å². The summed E-state index contributed by atoms with van der Waals surface area (Å²) in [6, 6.07) is 0.618. The molecule has 0 saturated carbocycles. The highest BCUT2D eigenvalue weighted by Gasteiger charge is 2.10. The van der Waals surface area contributed by atoms with E-state index in [1.165, 1.54) is 0 Å². The number of hydrogen-bond acceptors (Lipinski definition) is 4. The molecule has 0 saturated heterocycles. The number of hydrogen-bond donors (Lipinski definition) is 1. The summed E-state index contributed by atoms with van der Waals surface area (Å²) in [6.45, 7) is 7.22. The van der Waals surface area contributed by atoms with Crippen LogP contribution in [0.15, 0.2) is 10.7 Å². The monoisotopic (exact) mass is 221 g/mol. The predicted molar refractivity (Wildman–Crippen MR) is 65.2 cm³/mol. The smallest absolute Gasteiger partial charge is 0.298 e. The number of aromatic nitrogens is 1. The standard InChI is InChI=1S/C12H19N3O/c1-4-7-15(8-5-2)12-14-11(10-16-12)9-13-6-3/h1,10,13H,5-9H2,2-3H3. The number of oxazole rings is 1. The zero-order chi connectivity index (χ0) is 11.8. The lowest BCUT2D eigenvalue weighted by atomic mass is 10.4. The molecule has 1 heterocycles. The topological polar surface area (TPSA) is 41.3 Å². The molecular weight excluding hydrogens is 202 g/mol. The zero-order valence-electron chi connectivity index (χ0n) is 9.99. The zero-order valence-corrected chi connectivity index (χ0v) is 9.99. The van der Waals surface area contributed by atoms with Crippen LogP contribution < -0.4 is 10.2 Å². The van der Waals surface area contributed by atoms with E-state index in [2.05, 4.69) is 30.1 Å². The molecule has 4 heteroatoms. The molecule has 0 aromatic carbocycles. The van der Waals surface area contributed by atoms with E-state index < -0.39 is 0 Å². The minimum absolute atomic E-state index is 0.537. The van der Waals surface area contributed by atoms with Crippen molar-refractivity contribution in [2.75, 3.05) is 24.5 Å². The maximum absolute atomic E-state index is 5.41. The minimum Gasteiger partial charge on any atom is -0.432 e. The molecular formula is C12H19N3O. The molecule has 88 valence electrons. The fraction of sp³-hybridized carbons (Fsp3) is 0.583. The molecule has 0 spiro atoms. The summed E-state index contributed by atoms with van der Waals surface area (Å²) in [4.78, 5) is 6.35. The average molecular weight is 221 g/mol. The van der Waals surface area contributed by atoms with Gasteiger partial charge >= 0.3 is 0 Å². The molecule has 16 heavy (non-hydrogen) atoms. The molecule has 1 N–H and O–H groups in total. The van der Waals surface area contributed by atoms with Gasteiger partial charge < -0.3 is 14.6 Å². The van der Waals surface area contributed by atoms with E-state index in [0.717, 1.165) is 31.7 Å². The number of rotatable bonds is 7. The first-order valence-electron chi connectivity index (χ1n) is 5.65. The largest absolute Gasteiger partial charge is 0.432 e. The van der Waals surface area contributed by atoms with Crippen LogP contribution in [0, 0.1) is 12.3 Å². The summed E-state index contributed by atoms with van der Waals surface area (Å²) >= 11 is 0. The highest BCUT2D eigenvalue weighted by molar-refractivity contribution is 5.29. The van der Waals surface area contributed by atoms with E-state index in [-0.39, 0.29) is 0 Å². The molecule has 0 aliphatic heterocycles. The fourth-order valence-electron chi connectivity index (χ4n) is 1.40. The van der Waals surface area contributed by atoms with Crippen LogP contribution >= 0.6 is 0 Å². The van der Waals surface area contributed by atoms with E-state index in [1.807, 2.05) is 4.90 Å². The fourth-order valence-corrected chi connectivity index (χ4v) is 1.40. The van der Waals surface area contributed by atoms with Gasteiger partial charge in [-0.2, -0.15) is 4.98 Å². The van der Waals surface area contributed by atoms with Gasteiger partial charge in [0.2, 0.25) is 0 Å². The third-order valence-electron chi connectivity index (χ3n) is 2.14. The van der Waals surface area contributed by atoms with Gasteiger partial charge in [-0.25, -0.2) is 0 Å². The van der Waals surface area contributed by atoms with Crippen LogP contribution in [0.1, 0.15) is 26.0 Å². The highest BCUT2D eigenvalue weighted by Crippen LogP contribution is 2.13. The molecule has 1 aromatic heterocycles. The van der Waals surface area contributed by atoms with Gasteiger partial charge in [-0.05, 0) is 13.0 Å². The Labute approximate surface area is 97.0 Å². The SMILES string of the molecule is C#CCN(CCC)c1nc(CNCC)co1. The molecule has 0 fully saturated rings. The molecule has 0 bridgehead atoms. The normalized spacial score (nSPS) is 10.1. The summed E-state index contributed by atoms with van der Waals surface area (Å²) in [5.41, 5.74) is 0.912. The predicted octanol–water partition coefficient (Wildman–Crippen LogP) is 1.63. The Bertz CT molecular complexity index is 340. The van der Waals surface area contributed by atoms with Crippen LogP contribution in [0.3, 0.4) is 0 Å². The molecule has 0 radical (unpaired) electrons. The van der Waals surface area contributed by atoms with Gasteiger partial charge in [0, 0.05) is 13.1 Å². The second-order valence-electron chi connectivity index (χ2n) is 3.53. The number of terminal acetylenes is 1. The van der Waals surface area contributed by atoms with Crippen LogP contribution in [-0.2, 0) is 6.54 Å². The third-order valence-corrected chi connectivity index (χ3v) is 2.14. The van der Waals surface area contributed by atoms with Crippen molar-refractivity contribution in [3.8, 4) is 12.3 Å². The van der Waals surface area contributed by atoms with Crippen molar-refractivity contribution >= 4 is 6.01 Å². The molecule has 1 aromatic rings. The first kappa shape index (κ1) is 12.6. The molecule has 1 rings (SSSR count). The molecule has 0 atom stereocenters. The third kappa shape index (κ3) is 3.59. The van der Waals surface area contributed by atoms with Crippen molar-refractivity contribution in [2.45, 2.75) is 26.8 Å². The van der Waals surface area contributed by atoms with Gasteiger partial charge in [-0.15, -0.1) is 6.42 Å². The van der Waals surface area contributed by atoms with Crippen LogP contribution in [0.25, 0.3) is 0 Å². The Morgan fingerprint density at radius 1 is 1.56 bits per heavy atom. The maximum Gasteiger partial charge on any atom is 0.298 e. The van der Waals surface area contributed by atoms with Crippen LogP contribution in [0.4, 0.5) is 6.01 Å². The second kappa shape index (κ2) is 6.91. The van der Waals surface area contributed by atoms with Gasteiger partial charge in [0.05, 0.1) is 12.2 Å². The lowest BCUT2D eigenvalue weighted by Crippen LogP contribution is -2.24. The van der Waals surface area contributed by atoms with Crippen molar-refractivity contribution in [1.29, 1.82) is 0 Å². The van der Waals surface area contributed by atoms with Crippen molar-refractivity contribution in [2.24, 2.45) is 0 Å². The summed E-state index contributed by atoms with van der Waals surface area (Å²) in [6.07, 6.45) is 8.01. The number of nitrogens with one attached hydrogen (secondary N) is 1. The summed E-state index contributed by atoms with van der Waals surface area (Å²) in [5, 5.41) is 3.20. The lowest BCUT2D eigenvalue weighted by Gasteiger charge is -2.15.